The number of ether oxygens (including phenoxy) is 1. The fraction of sp³-hybridized carbons (Fsp3) is 0.471. The lowest BCUT2D eigenvalue weighted by atomic mass is 10.2. The van der Waals surface area contributed by atoms with Crippen LogP contribution in [0.1, 0.15) is 37.8 Å². The first-order valence-electron chi connectivity index (χ1n) is 8.51. The predicted octanol–water partition coefficient (Wildman–Crippen LogP) is 3.63. The average molecular weight is 343 g/mol. The second kappa shape index (κ2) is 6.76. The van der Waals surface area contributed by atoms with Crippen molar-refractivity contribution in [1.82, 2.24) is 19.7 Å². The van der Waals surface area contributed by atoms with Crippen LogP contribution in [0.5, 0.6) is 5.75 Å². The smallest absolute Gasteiger partial charge is 0.184 e. The minimum absolute atomic E-state index is 0.658. The zero-order chi connectivity index (χ0) is 16.4. The number of hydrogen-bond donors (Lipinski definition) is 1. The van der Waals surface area contributed by atoms with Crippen LogP contribution in [0.2, 0.25) is 0 Å². The van der Waals surface area contributed by atoms with Gasteiger partial charge in [0.1, 0.15) is 11.6 Å². The Morgan fingerprint density at radius 3 is 3.12 bits per heavy atom. The van der Waals surface area contributed by atoms with E-state index in [1.165, 1.54) is 19.3 Å². The molecule has 126 valence electrons. The molecule has 2 aromatic heterocycles. The summed E-state index contributed by atoms with van der Waals surface area (Å²) in [5.41, 5.74) is 0.992. The van der Waals surface area contributed by atoms with Gasteiger partial charge in [-0.25, -0.2) is 4.98 Å². The number of thiazole rings is 1. The van der Waals surface area contributed by atoms with Crippen LogP contribution in [-0.2, 0) is 19.5 Å². The van der Waals surface area contributed by atoms with Crippen molar-refractivity contribution in [2.45, 2.75) is 45.7 Å². The summed E-state index contributed by atoms with van der Waals surface area (Å²) < 4.78 is 8.95. The van der Waals surface area contributed by atoms with Crippen molar-refractivity contribution >= 4 is 26.7 Å². The van der Waals surface area contributed by atoms with Gasteiger partial charge in [-0.3, -0.25) is 0 Å². The third-order valence-corrected chi connectivity index (χ3v) is 5.23. The molecular weight excluding hydrogens is 322 g/mol. The summed E-state index contributed by atoms with van der Waals surface area (Å²) >= 11 is 1.64. The predicted molar refractivity (Wildman–Crippen MR) is 95.7 cm³/mol. The summed E-state index contributed by atoms with van der Waals surface area (Å²) in [4.78, 5) is 4.64. The molecule has 0 spiro atoms. The standard InChI is InChI=1S/C17H21N5OS/c1-2-23-12-7-8-13-14(10-12)24-17(19-13)18-11-16-21-20-15-6-4-3-5-9-22(15)16/h7-8,10H,2-6,9,11H2,1H3,(H,18,19). The Hall–Kier alpha value is -2.15. The van der Waals surface area contributed by atoms with E-state index in [0.29, 0.717) is 13.2 Å². The van der Waals surface area contributed by atoms with Crippen molar-refractivity contribution < 1.29 is 4.74 Å². The molecule has 0 saturated carbocycles. The topological polar surface area (TPSA) is 64.9 Å². The van der Waals surface area contributed by atoms with Gasteiger partial charge in [0.05, 0.1) is 23.4 Å². The molecule has 0 amide bonds. The van der Waals surface area contributed by atoms with Gasteiger partial charge >= 0.3 is 0 Å². The summed E-state index contributed by atoms with van der Waals surface area (Å²) in [5, 5.41) is 13.0. The highest BCUT2D eigenvalue weighted by Crippen LogP contribution is 2.29. The Morgan fingerprint density at radius 2 is 2.21 bits per heavy atom. The monoisotopic (exact) mass is 343 g/mol. The average Bonchev–Trinajstić information content (AvgIpc) is 3.09. The van der Waals surface area contributed by atoms with Crippen molar-refractivity contribution in [2.75, 3.05) is 11.9 Å². The number of nitrogens with zero attached hydrogens (tertiary/aromatic N) is 4. The Balaban J connectivity index is 1.50. The van der Waals surface area contributed by atoms with E-state index in [1.54, 1.807) is 11.3 Å². The van der Waals surface area contributed by atoms with Gasteiger partial charge in [-0.05, 0) is 38.0 Å². The molecule has 0 aliphatic carbocycles. The van der Waals surface area contributed by atoms with Crippen molar-refractivity contribution in [3.8, 4) is 5.75 Å². The molecule has 6 nitrogen and oxygen atoms in total. The summed E-state index contributed by atoms with van der Waals surface area (Å²) in [5.74, 6) is 3.01. The number of hydrogen-bond acceptors (Lipinski definition) is 6. The van der Waals surface area contributed by atoms with Gasteiger partial charge in [0, 0.05) is 13.0 Å². The van der Waals surface area contributed by atoms with Crippen molar-refractivity contribution in [3.63, 3.8) is 0 Å². The molecule has 0 radical (unpaired) electrons. The van der Waals surface area contributed by atoms with Crippen LogP contribution in [0.3, 0.4) is 0 Å². The maximum atomic E-state index is 5.55. The first kappa shape index (κ1) is 15.4. The van der Waals surface area contributed by atoms with E-state index >= 15 is 0 Å². The lowest BCUT2D eigenvalue weighted by Gasteiger charge is -2.07. The van der Waals surface area contributed by atoms with Crippen LogP contribution in [0, 0.1) is 0 Å². The number of anilines is 1. The van der Waals surface area contributed by atoms with E-state index < -0.39 is 0 Å². The molecule has 3 aromatic rings. The highest BCUT2D eigenvalue weighted by molar-refractivity contribution is 7.22. The molecule has 0 unspecified atom stereocenters. The molecule has 4 rings (SSSR count). The number of nitrogens with one attached hydrogen (secondary N) is 1. The number of aromatic nitrogens is 4. The van der Waals surface area contributed by atoms with E-state index in [4.69, 9.17) is 4.74 Å². The molecule has 1 aliphatic rings. The lowest BCUT2D eigenvalue weighted by Crippen LogP contribution is -2.10. The summed E-state index contributed by atoms with van der Waals surface area (Å²) in [6.45, 7) is 4.35. The first-order valence-corrected chi connectivity index (χ1v) is 9.33. The summed E-state index contributed by atoms with van der Waals surface area (Å²) in [6, 6.07) is 6.02. The van der Waals surface area contributed by atoms with E-state index in [1.807, 2.05) is 25.1 Å². The molecule has 0 saturated heterocycles. The Kier molecular flexibility index (Phi) is 4.34. The fourth-order valence-corrected chi connectivity index (χ4v) is 3.96. The van der Waals surface area contributed by atoms with E-state index in [0.717, 1.165) is 45.7 Å². The van der Waals surface area contributed by atoms with Crippen LogP contribution < -0.4 is 10.1 Å². The number of benzene rings is 1. The lowest BCUT2D eigenvalue weighted by molar-refractivity contribution is 0.341. The van der Waals surface area contributed by atoms with Crippen LogP contribution in [0.15, 0.2) is 18.2 Å². The van der Waals surface area contributed by atoms with Crippen molar-refractivity contribution in [1.29, 1.82) is 0 Å². The molecule has 0 fully saturated rings. The minimum atomic E-state index is 0.658. The highest BCUT2D eigenvalue weighted by Gasteiger charge is 2.15. The molecule has 0 bridgehead atoms. The zero-order valence-corrected chi connectivity index (χ0v) is 14.6. The maximum Gasteiger partial charge on any atom is 0.184 e. The maximum absolute atomic E-state index is 5.55. The third-order valence-electron chi connectivity index (χ3n) is 4.25. The molecule has 1 aromatic carbocycles. The Bertz CT molecular complexity index is 841. The Labute approximate surface area is 144 Å². The highest BCUT2D eigenvalue weighted by atomic mass is 32.1. The van der Waals surface area contributed by atoms with Gasteiger partial charge in [-0.15, -0.1) is 10.2 Å². The van der Waals surface area contributed by atoms with E-state index in [2.05, 4.69) is 25.1 Å². The summed E-state index contributed by atoms with van der Waals surface area (Å²) in [7, 11) is 0. The number of rotatable bonds is 5. The molecule has 1 N–H and O–H groups in total. The van der Waals surface area contributed by atoms with Crippen LogP contribution >= 0.6 is 11.3 Å². The first-order chi connectivity index (χ1) is 11.8. The van der Waals surface area contributed by atoms with Gasteiger partial charge in [-0.2, -0.15) is 0 Å². The van der Waals surface area contributed by atoms with E-state index in [-0.39, 0.29) is 0 Å². The van der Waals surface area contributed by atoms with Crippen molar-refractivity contribution in [3.05, 3.63) is 29.8 Å². The number of aryl methyl sites for hydroxylation is 1. The molecule has 0 atom stereocenters. The van der Waals surface area contributed by atoms with Crippen molar-refractivity contribution in [2.24, 2.45) is 0 Å². The van der Waals surface area contributed by atoms with Gasteiger partial charge in [0.2, 0.25) is 0 Å². The summed E-state index contributed by atoms with van der Waals surface area (Å²) in [6.07, 6.45) is 4.73. The molecule has 24 heavy (non-hydrogen) atoms. The normalized spacial score (nSPS) is 14.4. The Morgan fingerprint density at radius 1 is 1.25 bits per heavy atom. The van der Waals surface area contributed by atoms with Crippen LogP contribution in [0.25, 0.3) is 10.2 Å². The van der Waals surface area contributed by atoms with Crippen LogP contribution in [-0.4, -0.2) is 26.4 Å². The SMILES string of the molecule is CCOc1ccc2nc(NCc3nnc4n3CCCCC4)sc2c1. The zero-order valence-electron chi connectivity index (χ0n) is 13.8. The van der Waals surface area contributed by atoms with Crippen LogP contribution in [0.4, 0.5) is 5.13 Å². The third kappa shape index (κ3) is 3.08. The van der Waals surface area contributed by atoms with Gasteiger partial charge in [0.15, 0.2) is 11.0 Å². The van der Waals surface area contributed by atoms with E-state index in [9.17, 15) is 0 Å². The minimum Gasteiger partial charge on any atom is -0.494 e. The van der Waals surface area contributed by atoms with Gasteiger partial charge in [0.25, 0.3) is 0 Å². The fourth-order valence-electron chi connectivity index (χ4n) is 3.07. The molecular formula is C17H21N5OS. The quantitative estimate of drug-likeness (QED) is 0.766. The van der Waals surface area contributed by atoms with Gasteiger partial charge in [-0.1, -0.05) is 17.8 Å². The van der Waals surface area contributed by atoms with Gasteiger partial charge < -0.3 is 14.6 Å². The molecule has 3 heterocycles. The second-order valence-corrected chi connectivity index (χ2v) is 6.96. The molecule has 7 heteroatoms. The second-order valence-electron chi connectivity index (χ2n) is 5.93. The molecule has 1 aliphatic heterocycles. The largest absolute Gasteiger partial charge is 0.494 e. The number of fused-ring (bicyclic) bond motifs is 2.